The van der Waals surface area contributed by atoms with Crippen molar-refractivity contribution in [2.45, 2.75) is 128 Å². The molecule has 16 nitrogen and oxygen atoms in total. The summed E-state index contributed by atoms with van der Waals surface area (Å²) in [7, 11) is 0. The third kappa shape index (κ3) is 11.5. The summed E-state index contributed by atoms with van der Waals surface area (Å²) in [5.41, 5.74) is 10.9. The number of hydrogen-bond donors (Lipinski definition) is 7. The Hall–Kier alpha value is -4.47. The van der Waals surface area contributed by atoms with Gasteiger partial charge in [0.15, 0.2) is 11.9 Å². The summed E-state index contributed by atoms with van der Waals surface area (Å²) in [5, 5.41) is 22.1. The number of nitrogens with one attached hydrogen (secondary N) is 4. The van der Waals surface area contributed by atoms with Gasteiger partial charge in [-0.25, -0.2) is 0 Å². The van der Waals surface area contributed by atoms with Crippen LogP contribution >= 0.6 is 0 Å². The van der Waals surface area contributed by atoms with Crippen molar-refractivity contribution in [2.75, 3.05) is 6.54 Å². The first-order valence-corrected chi connectivity index (χ1v) is 18.0. The highest BCUT2D eigenvalue weighted by atomic mass is 16.3. The molecule has 2 aliphatic rings. The number of amides is 7. The highest BCUT2D eigenvalue weighted by molar-refractivity contribution is 5.98. The van der Waals surface area contributed by atoms with Crippen LogP contribution in [0.25, 0.3) is 0 Å². The molecule has 284 valence electrons. The molecular weight excluding hydrogens is 662 g/mol. The van der Waals surface area contributed by atoms with Gasteiger partial charge in [-0.05, 0) is 49.1 Å². The Morgan fingerprint density at radius 2 is 1.59 bits per heavy atom. The van der Waals surface area contributed by atoms with Gasteiger partial charge < -0.3 is 47.2 Å². The number of primary amides is 2. The van der Waals surface area contributed by atoms with Crippen molar-refractivity contribution in [3.05, 3.63) is 24.2 Å². The lowest BCUT2D eigenvalue weighted by Gasteiger charge is -2.34. The maximum atomic E-state index is 14.0. The molecule has 0 bridgehead atoms. The van der Waals surface area contributed by atoms with Crippen LogP contribution in [0.2, 0.25) is 0 Å². The Balaban J connectivity index is 1.80. The zero-order chi connectivity index (χ0) is 37.8. The van der Waals surface area contributed by atoms with E-state index in [-0.39, 0.29) is 42.9 Å². The third-order valence-corrected chi connectivity index (χ3v) is 9.95. The maximum absolute atomic E-state index is 14.0. The molecular formula is C35H55N7O9. The molecule has 3 rings (SSSR count). The predicted molar refractivity (Wildman–Crippen MR) is 185 cm³/mol. The number of likely N-dealkylation sites (tertiary alicyclic amines) is 1. The molecule has 1 aliphatic carbocycles. The topological polar surface area (TPSA) is 256 Å². The number of aliphatic hydroxyl groups is 1. The summed E-state index contributed by atoms with van der Waals surface area (Å²) >= 11 is 0. The van der Waals surface area contributed by atoms with Crippen molar-refractivity contribution >= 4 is 41.4 Å². The second kappa shape index (κ2) is 19.2. The van der Waals surface area contributed by atoms with Crippen LogP contribution in [0.3, 0.4) is 0 Å². The fourth-order valence-electron chi connectivity index (χ4n) is 6.79. The number of hydrogen-bond acceptors (Lipinski definition) is 9. The molecule has 16 heteroatoms. The van der Waals surface area contributed by atoms with Gasteiger partial charge in [0, 0.05) is 6.54 Å². The van der Waals surface area contributed by atoms with E-state index in [0.29, 0.717) is 12.8 Å². The van der Waals surface area contributed by atoms with Crippen LogP contribution in [-0.4, -0.2) is 94.2 Å². The lowest BCUT2D eigenvalue weighted by Crippen LogP contribution is -2.60. The molecule has 51 heavy (non-hydrogen) atoms. The number of rotatable bonds is 18. The first kappa shape index (κ1) is 41.0. The van der Waals surface area contributed by atoms with Gasteiger partial charge in [0.25, 0.3) is 11.8 Å². The fraction of sp³-hybridized carbons (Fsp3) is 0.686. The van der Waals surface area contributed by atoms with Gasteiger partial charge in [-0.2, -0.15) is 0 Å². The number of carbonyl (C=O) groups excluding carboxylic acids is 7. The van der Waals surface area contributed by atoms with Crippen molar-refractivity contribution in [1.82, 2.24) is 26.2 Å². The van der Waals surface area contributed by atoms with Crippen LogP contribution in [0, 0.1) is 17.8 Å². The minimum Gasteiger partial charge on any atom is -0.459 e. The molecule has 0 unspecified atom stereocenters. The van der Waals surface area contributed by atoms with E-state index in [9.17, 15) is 38.7 Å². The van der Waals surface area contributed by atoms with E-state index in [1.165, 1.54) is 23.3 Å². The standard InChI is InChI=1S/C35H55N7O9/c1-5-20(4)28(34(49)40-27(19(2)3)30(37)45)41-32(47)24-13-9-15-42(24)35(50)29(44)22(17-21-11-7-6-8-12-21)38-31(46)23(18-26(36)43)39-33(48)25-14-10-16-51-25/h10,14,16,19-24,27-29,44H,5-9,11-13,15,17-18H2,1-4H3,(H2,36,43)(H2,37,45)(H,38,46)(H,39,48)(H,40,49)(H,41,47)/t20-,22+,23+,24+,27+,28+,29+/m1/s1. The predicted octanol–water partition coefficient (Wildman–Crippen LogP) is 0.218. The summed E-state index contributed by atoms with van der Waals surface area (Å²) in [6, 6.07) is -2.65. The smallest absolute Gasteiger partial charge is 0.287 e. The van der Waals surface area contributed by atoms with Crippen molar-refractivity contribution in [2.24, 2.45) is 29.2 Å². The second-order valence-electron chi connectivity index (χ2n) is 14.2. The molecule has 1 aromatic heterocycles. The number of nitrogens with zero attached hydrogens (tertiary/aromatic N) is 1. The Labute approximate surface area is 298 Å². The number of carbonyl (C=O) groups is 7. The molecule has 1 saturated carbocycles. The molecule has 1 aromatic rings. The lowest BCUT2D eigenvalue weighted by molar-refractivity contribution is -0.148. The van der Waals surface area contributed by atoms with Gasteiger partial charge in [-0.15, -0.1) is 0 Å². The molecule has 2 heterocycles. The van der Waals surface area contributed by atoms with E-state index >= 15 is 0 Å². The van der Waals surface area contributed by atoms with E-state index in [1.54, 1.807) is 20.8 Å². The van der Waals surface area contributed by atoms with E-state index in [4.69, 9.17) is 15.9 Å². The van der Waals surface area contributed by atoms with Gasteiger partial charge in [-0.3, -0.25) is 33.6 Å². The van der Waals surface area contributed by atoms with E-state index in [2.05, 4.69) is 21.3 Å². The summed E-state index contributed by atoms with van der Waals surface area (Å²) < 4.78 is 5.09. The van der Waals surface area contributed by atoms with Crippen molar-refractivity contribution in [3.63, 3.8) is 0 Å². The maximum Gasteiger partial charge on any atom is 0.287 e. The monoisotopic (exact) mass is 717 g/mol. The Bertz CT molecular complexity index is 1380. The molecule has 0 spiro atoms. The van der Waals surface area contributed by atoms with E-state index in [1.807, 2.05) is 6.92 Å². The quantitative estimate of drug-likeness (QED) is 0.109. The average Bonchev–Trinajstić information content (AvgIpc) is 3.81. The zero-order valence-corrected chi connectivity index (χ0v) is 30.0. The van der Waals surface area contributed by atoms with Gasteiger partial charge in [-0.1, -0.05) is 66.2 Å². The number of furan rings is 1. The van der Waals surface area contributed by atoms with Crippen molar-refractivity contribution in [1.29, 1.82) is 0 Å². The first-order chi connectivity index (χ1) is 24.1. The largest absolute Gasteiger partial charge is 0.459 e. The Morgan fingerprint density at radius 3 is 2.16 bits per heavy atom. The third-order valence-electron chi connectivity index (χ3n) is 9.95. The van der Waals surface area contributed by atoms with Crippen molar-refractivity contribution in [3.8, 4) is 0 Å². The second-order valence-corrected chi connectivity index (χ2v) is 14.2. The summed E-state index contributed by atoms with van der Waals surface area (Å²) in [5.74, 6) is -5.72. The normalized spacial score (nSPS) is 20.0. The molecule has 1 aliphatic heterocycles. The molecule has 7 atom stereocenters. The highest BCUT2D eigenvalue weighted by Crippen LogP contribution is 2.29. The molecule has 0 aromatic carbocycles. The van der Waals surface area contributed by atoms with E-state index in [0.717, 1.165) is 32.1 Å². The fourth-order valence-corrected chi connectivity index (χ4v) is 6.79. The number of aliphatic hydroxyl groups excluding tert-OH is 1. The van der Waals surface area contributed by atoms with Crippen LogP contribution in [0.1, 0.15) is 102 Å². The lowest BCUT2D eigenvalue weighted by atomic mass is 9.83. The van der Waals surface area contributed by atoms with Crippen LogP contribution in [0.4, 0.5) is 0 Å². The van der Waals surface area contributed by atoms with Gasteiger partial charge in [0.2, 0.25) is 29.5 Å². The SMILES string of the molecule is CC[C@@H](C)[C@H](NC(=O)[C@@H]1CCCN1C(=O)[C@@H](O)[C@H](CC1CCCCC1)NC(=O)[C@H](CC(N)=O)NC(=O)c1ccco1)C(=O)N[C@H](C(N)=O)C(C)C. The van der Waals surface area contributed by atoms with Crippen LogP contribution in [0.15, 0.2) is 22.8 Å². The highest BCUT2D eigenvalue weighted by Gasteiger charge is 2.42. The van der Waals surface area contributed by atoms with Gasteiger partial charge in [0.05, 0.1) is 18.7 Å². The van der Waals surface area contributed by atoms with Gasteiger partial charge >= 0.3 is 0 Å². The minimum atomic E-state index is -1.77. The molecule has 7 amide bonds. The van der Waals surface area contributed by atoms with Crippen LogP contribution < -0.4 is 32.7 Å². The molecule has 1 saturated heterocycles. The molecule has 0 radical (unpaired) electrons. The van der Waals surface area contributed by atoms with E-state index < -0.39 is 84.1 Å². The van der Waals surface area contributed by atoms with Crippen LogP contribution in [0.5, 0.6) is 0 Å². The minimum absolute atomic E-state index is 0.0846. The average molecular weight is 718 g/mol. The molecule has 9 N–H and O–H groups in total. The zero-order valence-electron chi connectivity index (χ0n) is 30.0. The van der Waals surface area contributed by atoms with Gasteiger partial charge in [0.1, 0.15) is 24.2 Å². The Kier molecular flexibility index (Phi) is 15.4. The summed E-state index contributed by atoms with van der Waals surface area (Å²) in [6.07, 6.45) is 5.06. The summed E-state index contributed by atoms with van der Waals surface area (Å²) in [6.45, 7) is 7.25. The van der Waals surface area contributed by atoms with Crippen LogP contribution in [-0.2, 0) is 28.8 Å². The Morgan fingerprint density at radius 1 is 0.902 bits per heavy atom. The number of nitrogens with two attached hydrogens (primary N) is 2. The molecule has 2 fully saturated rings. The summed E-state index contributed by atoms with van der Waals surface area (Å²) in [4.78, 5) is 92.3. The first-order valence-electron chi connectivity index (χ1n) is 18.0. The van der Waals surface area contributed by atoms with Crippen molar-refractivity contribution < 1.29 is 43.1 Å².